The van der Waals surface area contributed by atoms with Crippen molar-refractivity contribution in [2.24, 2.45) is 5.73 Å². The van der Waals surface area contributed by atoms with Crippen LogP contribution in [0.25, 0.3) is 10.1 Å². The number of halogens is 1. The number of likely N-dealkylation sites (tertiary alicyclic amines) is 1. The van der Waals surface area contributed by atoms with Gasteiger partial charge >= 0.3 is 0 Å². The van der Waals surface area contributed by atoms with Crippen molar-refractivity contribution in [3.05, 3.63) is 35.0 Å². The van der Waals surface area contributed by atoms with Gasteiger partial charge in [0.1, 0.15) is 5.82 Å². The molecule has 0 spiro atoms. The molecule has 0 unspecified atom stereocenters. The molecule has 0 bridgehead atoms. The van der Waals surface area contributed by atoms with Gasteiger partial charge in [-0.1, -0.05) is 0 Å². The fourth-order valence-electron chi connectivity index (χ4n) is 2.61. The minimum Gasteiger partial charge on any atom is -0.334 e. The van der Waals surface area contributed by atoms with Crippen LogP contribution >= 0.6 is 11.3 Å². The lowest BCUT2D eigenvalue weighted by molar-refractivity contribution is 0.0746. The second-order valence-electron chi connectivity index (χ2n) is 4.82. The summed E-state index contributed by atoms with van der Waals surface area (Å²) in [5.41, 5.74) is 5.69. The molecule has 19 heavy (non-hydrogen) atoms. The molecule has 100 valence electrons. The number of thiophene rings is 1. The summed E-state index contributed by atoms with van der Waals surface area (Å²) in [6.45, 7) is 1.27. The number of benzene rings is 1. The molecule has 1 aromatic carbocycles. The molecule has 1 aromatic heterocycles. The minimum atomic E-state index is -0.273. The van der Waals surface area contributed by atoms with Crippen molar-refractivity contribution < 1.29 is 9.18 Å². The zero-order chi connectivity index (χ0) is 13.4. The molecule has 1 atom stereocenters. The first-order valence-electron chi connectivity index (χ1n) is 6.39. The Kier molecular flexibility index (Phi) is 3.24. The van der Waals surface area contributed by atoms with E-state index in [-0.39, 0.29) is 17.8 Å². The van der Waals surface area contributed by atoms with E-state index in [1.165, 1.54) is 23.5 Å². The highest BCUT2D eigenvalue weighted by Crippen LogP contribution is 2.29. The summed E-state index contributed by atoms with van der Waals surface area (Å²) < 4.78 is 14.1. The van der Waals surface area contributed by atoms with Crippen LogP contribution in [0.4, 0.5) is 4.39 Å². The first kappa shape index (κ1) is 12.6. The van der Waals surface area contributed by atoms with Crippen molar-refractivity contribution in [2.75, 3.05) is 13.1 Å². The number of hydrogen-bond donors (Lipinski definition) is 1. The Balaban J connectivity index is 1.93. The Bertz CT molecular complexity index is 625. The van der Waals surface area contributed by atoms with Crippen LogP contribution in [0.3, 0.4) is 0 Å². The summed E-state index contributed by atoms with van der Waals surface area (Å²) in [5, 5.41) is 0.789. The van der Waals surface area contributed by atoms with Gasteiger partial charge in [0.2, 0.25) is 0 Å². The van der Waals surface area contributed by atoms with Gasteiger partial charge in [-0.15, -0.1) is 11.3 Å². The number of amides is 1. The van der Waals surface area contributed by atoms with Crippen LogP contribution in [0.1, 0.15) is 22.5 Å². The van der Waals surface area contributed by atoms with Crippen LogP contribution in [-0.4, -0.2) is 29.9 Å². The maximum absolute atomic E-state index is 13.2. The molecule has 1 aliphatic rings. The molecule has 0 aliphatic carbocycles. The lowest BCUT2D eigenvalue weighted by Crippen LogP contribution is -2.39. The van der Waals surface area contributed by atoms with Crippen molar-refractivity contribution >= 4 is 27.3 Å². The van der Waals surface area contributed by atoms with E-state index in [1.54, 1.807) is 12.1 Å². The molecular weight excluding hydrogens is 263 g/mol. The summed E-state index contributed by atoms with van der Waals surface area (Å²) in [6, 6.07) is 6.53. The number of nitrogens with zero attached hydrogens (tertiary/aromatic N) is 1. The fourth-order valence-corrected chi connectivity index (χ4v) is 3.61. The van der Waals surface area contributed by atoms with Crippen LogP contribution in [0.15, 0.2) is 24.3 Å². The van der Waals surface area contributed by atoms with Crippen molar-refractivity contribution in [3.8, 4) is 0 Å². The number of fused-ring (bicyclic) bond motifs is 1. The molecule has 0 saturated carbocycles. The quantitative estimate of drug-likeness (QED) is 0.918. The molecule has 2 aromatic rings. The Morgan fingerprint density at radius 2 is 2.32 bits per heavy atom. The summed E-state index contributed by atoms with van der Waals surface area (Å²) in [5.74, 6) is -0.250. The fraction of sp³-hybridized carbons (Fsp3) is 0.357. The number of nitrogens with two attached hydrogens (primary N) is 1. The van der Waals surface area contributed by atoms with Crippen LogP contribution in [-0.2, 0) is 0 Å². The second kappa shape index (κ2) is 4.90. The third kappa shape index (κ3) is 2.24. The highest BCUT2D eigenvalue weighted by atomic mass is 32.1. The van der Waals surface area contributed by atoms with E-state index in [0.717, 1.165) is 29.5 Å². The molecule has 1 aliphatic heterocycles. The Morgan fingerprint density at radius 3 is 3.11 bits per heavy atom. The van der Waals surface area contributed by atoms with Crippen LogP contribution in [0.5, 0.6) is 0 Å². The van der Waals surface area contributed by atoms with Gasteiger partial charge in [-0.05, 0) is 42.5 Å². The molecule has 1 fully saturated rings. The van der Waals surface area contributed by atoms with Crippen molar-refractivity contribution in [3.63, 3.8) is 0 Å². The van der Waals surface area contributed by atoms with Crippen molar-refractivity contribution in [2.45, 2.75) is 18.9 Å². The largest absolute Gasteiger partial charge is 0.334 e. The van der Waals surface area contributed by atoms with Gasteiger partial charge in [-0.2, -0.15) is 0 Å². The number of carbonyl (C=O) groups excluding carboxylic acids is 1. The SMILES string of the molecule is NC[C@H]1CCCN1C(=O)c1cc2cc(F)ccc2s1. The Hall–Kier alpha value is -1.46. The standard InChI is InChI=1S/C14H15FN2OS/c15-10-3-4-12-9(6-10)7-13(19-12)14(18)17-5-1-2-11(17)8-16/h3-4,6-7,11H,1-2,5,8,16H2/t11-/m1/s1. The lowest BCUT2D eigenvalue weighted by atomic mass is 10.2. The molecule has 2 N–H and O–H groups in total. The third-order valence-electron chi connectivity index (χ3n) is 3.60. The number of carbonyl (C=O) groups is 1. The molecule has 1 saturated heterocycles. The van der Waals surface area contributed by atoms with E-state index >= 15 is 0 Å². The number of rotatable bonds is 2. The van der Waals surface area contributed by atoms with Crippen molar-refractivity contribution in [1.29, 1.82) is 0 Å². The van der Waals surface area contributed by atoms with E-state index in [9.17, 15) is 9.18 Å². The van der Waals surface area contributed by atoms with Crippen LogP contribution < -0.4 is 5.73 Å². The van der Waals surface area contributed by atoms with Crippen LogP contribution in [0, 0.1) is 5.82 Å². The van der Waals surface area contributed by atoms with Gasteiger partial charge < -0.3 is 10.6 Å². The van der Waals surface area contributed by atoms with E-state index in [0.29, 0.717) is 11.4 Å². The highest BCUT2D eigenvalue weighted by molar-refractivity contribution is 7.20. The molecule has 3 nitrogen and oxygen atoms in total. The summed E-state index contributed by atoms with van der Waals surface area (Å²) in [7, 11) is 0. The summed E-state index contributed by atoms with van der Waals surface area (Å²) in [4.78, 5) is 15.0. The zero-order valence-corrected chi connectivity index (χ0v) is 11.3. The molecule has 0 radical (unpaired) electrons. The van der Waals surface area contributed by atoms with Gasteiger partial charge in [-0.25, -0.2) is 4.39 Å². The average Bonchev–Trinajstić information content (AvgIpc) is 3.03. The third-order valence-corrected chi connectivity index (χ3v) is 4.70. The zero-order valence-electron chi connectivity index (χ0n) is 10.4. The maximum atomic E-state index is 13.2. The van der Waals surface area contributed by atoms with E-state index in [1.807, 2.05) is 4.90 Å². The Morgan fingerprint density at radius 1 is 1.47 bits per heavy atom. The topological polar surface area (TPSA) is 46.3 Å². The van der Waals surface area contributed by atoms with E-state index in [4.69, 9.17) is 5.73 Å². The molecular formula is C14H15FN2OS. The molecule has 2 heterocycles. The average molecular weight is 278 g/mol. The van der Waals surface area contributed by atoms with Crippen molar-refractivity contribution in [1.82, 2.24) is 4.90 Å². The van der Waals surface area contributed by atoms with Gasteiger partial charge in [0.05, 0.1) is 4.88 Å². The molecule has 3 rings (SSSR count). The van der Waals surface area contributed by atoms with Gasteiger partial charge in [-0.3, -0.25) is 4.79 Å². The summed E-state index contributed by atoms with van der Waals surface area (Å²) >= 11 is 1.41. The van der Waals surface area contributed by atoms with Gasteiger partial charge in [0.15, 0.2) is 0 Å². The van der Waals surface area contributed by atoms with E-state index < -0.39 is 0 Å². The molecule has 5 heteroatoms. The first-order chi connectivity index (χ1) is 9.19. The normalized spacial score (nSPS) is 19.3. The highest BCUT2D eigenvalue weighted by Gasteiger charge is 2.29. The monoisotopic (exact) mass is 278 g/mol. The summed E-state index contributed by atoms with van der Waals surface area (Å²) in [6.07, 6.45) is 1.98. The minimum absolute atomic E-state index is 0.0227. The second-order valence-corrected chi connectivity index (χ2v) is 5.91. The molecule has 1 amide bonds. The van der Waals surface area contributed by atoms with Gasteiger partial charge in [0.25, 0.3) is 5.91 Å². The van der Waals surface area contributed by atoms with Gasteiger partial charge in [0, 0.05) is 23.8 Å². The predicted octanol–water partition coefficient (Wildman–Crippen LogP) is 2.60. The maximum Gasteiger partial charge on any atom is 0.264 e. The lowest BCUT2D eigenvalue weighted by Gasteiger charge is -2.22. The predicted molar refractivity (Wildman–Crippen MR) is 74.9 cm³/mol. The first-order valence-corrected chi connectivity index (χ1v) is 7.21. The Labute approximate surface area is 114 Å². The number of hydrogen-bond acceptors (Lipinski definition) is 3. The van der Waals surface area contributed by atoms with E-state index in [2.05, 4.69) is 0 Å². The smallest absolute Gasteiger partial charge is 0.264 e. The van der Waals surface area contributed by atoms with Crippen LogP contribution in [0.2, 0.25) is 0 Å².